The Morgan fingerprint density at radius 1 is 1.08 bits per heavy atom. The van der Waals surface area contributed by atoms with Gasteiger partial charge < -0.3 is 9.47 Å². The van der Waals surface area contributed by atoms with Crippen molar-refractivity contribution in [2.45, 2.75) is 32.7 Å². The number of fused-ring (bicyclic) bond motifs is 5. The van der Waals surface area contributed by atoms with Gasteiger partial charge in [-0.25, -0.2) is 0 Å². The first-order valence-corrected chi connectivity index (χ1v) is 8.78. The minimum atomic E-state index is 0.299. The number of rotatable bonds is 4. The summed E-state index contributed by atoms with van der Waals surface area (Å²) in [5.41, 5.74) is 6.07. The van der Waals surface area contributed by atoms with E-state index in [2.05, 4.69) is 54.8 Å². The van der Waals surface area contributed by atoms with Crippen molar-refractivity contribution in [3.63, 3.8) is 0 Å². The molecule has 1 aliphatic rings. The Morgan fingerprint density at radius 2 is 1.92 bits per heavy atom. The summed E-state index contributed by atoms with van der Waals surface area (Å²) >= 11 is 0. The van der Waals surface area contributed by atoms with Crippen LogP contribution in [-0.2, 0) is 13.0 Å². The maximum Gasteiger partial charge on any atom is 0.163 e. The molecule has 0 fully saturated rings. The smallest absolute Gasteiger partial charge is 0.163 e. The van der Waals surface area contributed by atoms with Gasteiger partial charge in [-0.05, 0) is 69.7 Å². The standard InChI is InChI=1S/C21H24N2O/c1-14-5-6-17-19(13-14)23(12-4-11-22(2)3)18-9-7-15-16(21(17)18)8-10-20(15)24/h5-7,9,13H,4,8,10-12H2,1-3H3. The number of Topliss-reactive ketones (excluding diaryl/α,β-unsaturated/α-hetero) is 1. The van der Waals surface area contributed by atoms with Gasteiger partial charge in [0.25, 0.3) is 0 Å². The van der Waals surface area contributed by atoms with Crippen molar-refractivity contribution in [3.05, 3.63) is 47.0 Å². The van der Waals surface area contributed by atoms with Gasteiger partial charge in [0, 0.05) is 40.3 Å². The van der Waals surface area contributed by atoms with Gasteiger partial charge in [0.15, 0.2) is 5.78 Å². The minimum absolute atomic E-state index is 0.299. The maximum absolute atomic E-state index is 12.1. The van der Waals surface area contributed by atoms with Crippen LogP contribution in [0, 0.1) is 6.92 Å². The third-order valence-corrected chi connectivity index (χ3v) is 5.18. The Balaban J connectivity index is 1.95. The molecule has 3 aromatic rings. The zero-order chi connectivity index (χ0) is 16.8. The zero-order valence-corrected chi connectivity index (χ0v) is 14.7. The largest absolute Gasteiger partial charge is 0.340 e. The van der Waals surface area contributed by atoms with Crippen molar-refractivity contribution < 1.29 is 4.79 Å². The lowest BCUT2D eigenvalue weighted by atomic mass is 10.0. The molecule has 0 atom stereocenters. The summed E-state index contributed by atoms with van der Waals surface area (Å²) in [6, 6.07) is 10.9. The topological polar surface area (TPSA) is 25.2 Å². The second-order valence-corrected chi connectivity index (χ2v) is 7.24. The van der Waals surface area contributed by atoms with E-state index in [0.29, 0.717) is 12.2 Å². The number of hydrogen-bond acceptors (Lipinski definition) is 2. The molecule has 1 aliphatic carbocycles. The van der Waals surface area contributed by atoms with Crippen molar-refractivity contribution in [1.29, 1.82) is 0 Å². The molecule has 0 unspecified atom stereocenters. The van der Waals surface area contributed by atoms with Gasteiger partial charge in [0.2, 0.25) is 0 Å². The molecule has 124 valence electrons. The van der Waals surface area contributed by atoms with Gasteiger partial charge in [0.1, 0.15) is 0 Å². The monoisotopic (exact) mass is 320 g/mol. The molecule has 0 bridgehead atoms. The molecule has 1 aromatic heterocycles. The Bertz CT molecular complexity index is 950. The Kier molecular flexibility index (Phi) is 3.69. The number of ketones is 1. The van der Waals surface area contributed by atoms with Gasteiger partial charge in [-0.3, -0.25) is 4.79 Å². The molecule has 0 aliphatic heterocycles. The molecule has 3 nitrogen and oxygen atoms in total. The van der Waals surface area contributed by atoms with Crippen LogP contribution in [0.5, 0.6) is 0 Å². The van der Waals surface area contributed by atoms with Crippen LogP contribution in [0.2, 0.25) is 0 Å². The molecule has 0 spiro atoms. The van der Waals surface area contributed by atoms with Crippen molar-refractivity contribution in [3.8, 4) is 0 Å². The summed E-state index contributed by atoms with van der Waals surface area (Å²) in [7, 11) is 4.24. The fraction of sp³-hybridized carbons (Fsp3) is 0.381. The Labute approximate surface area is 142 Å². The molecule has 1 heterocycles. The van der Waals surface area contributed by atoms with E-state index in [1.165, 1.54) is 32.9 Å². The molecule has 0 amide bonds. The highest BCUT2D eigenvalue weighted by atomic mass is 16.1. The van der Waals surface area contributed by atoms with Gasteiger partial charge in [-0.1, -0.05) is 12.1 Å². The third-order valence-electron chi connectivity index (χ3n) is 5.18. The van der Waals surface area contributed by atoms with E-state index >= 15 is 0 Å². The van der Waals surface area contributed by atoms with Crippen molar-refractivity contribution in [2.75, 3.05) is 20.6 Å². The highest BCUT2D eigenvalue weighted by molar-refractivity contribution is 6.15. The summed E-state index contributed by atoms with van der Waals surface area (Å²) in [6.45, 7) is 4.24. The summed E-state index contributed by atoms with van der Waals surface area (Å²) in [4.78, 5) is 14.4. The second kappa shape index (κ2) is 5.75. The van der Waals surface area contributed by atoms with E-state index in [1.54, 1.807) is 0 Å². The summed E-state index contributed by atoms with van der Waals surface area (Å²) in [5, 5.41) is 2.60. The van der Waals surface area contributed by atoms with E-state index in [4.69, 9.17) is 0 Å². The molecular weight excluding hydrogens is 296 g/mol. The molecule has 0 radical (unpaired) electrons. The van der Waals surface area contributed by atoms with Gasteiger partial charge in [-0.15, -0.1) is 0 Å². The third kappa shape index (κ3) is 2.35. The molecule has 0 saturated carbocycles. The number of aromatic nitrogens is 1. The van der Waals surface area contributed by atoms with Crippen LogP contribution in [0.15, 0.2) is 30.3 Å². The van der Waals surface area contributed by atoms with Crippen LogP contribution in [0.1, 0.15) is 34.3 Å². The van der Waals surface area contributed by atoms with E-state index in [0.717, 1.165) is 31.5 Å². The lowest BCUT2D eigenvalue weighted by molar-refractivity contribution is 0.0994. The van der Waals surface area contributed by atoms with Crippen molar-refractivity contribution in [2.24, 2.45) is 0 Å². The number of hydrogen-bond donors (Lipinski definition) is 0. The summed E-state index contributed by atoms with van der Waals surface area (Å²) in [6.07, 6.45) is 2.67. The normalized spacial score (nSPS) is 14.2. The van der Waals surface area contributed by atoms with Crippen LogP contribution < -0.4 is 0 Å². The quantitative estimate of drug-likeness (QED) is 0.720. The summed E-state index contributed by atoms with van der Waals surface area (Å²) in [5.74, 6) is 0.299. The van der Waals surface area contributed by atoms with Gasteiger partial charge in [0.05, 0.1) is 0 Å². The molecule has 2 aromatic carbocycles. The van der Waals surface area contributed by atoms with Crippen LogP contribution in [-0.4, -0.2) is 35.9 Å². The fourth-order valence-electron chi connectivity index (χ4n) is 4.05. The lowest BCUT2D eigenvalue weighted by Gasteiger charge is -2.12. The second-order valence-electron chi connectivity index (χ2n) is 7.24. The average Bonchev–Trinajstić information content (AvgIpc) is 3.06. The Morgan fingerprint density at radius 3 is 2.71 bits per heavy atom. The van der Waals surface area contributed by atoms with E-state index in [-0.39, 0.29) is 0 Å². The molecule has 24 heavy (non-hydrogen) atoms. The first kappa shape index (κ1) is 15.4. The van der Waals surface area contributed by atoms with Crippen LogP contribution in [0.4, 0.5) is 0 Å². The van der Waals surface area contributed by atoms with Crippen molar-refractivity contribution >= 4 is 27.6 Å². The Hall–Kier alpha value is -2.13. The average molecular weight is 320 g/mol. The number of nitrogens with zero attached hydrogens (tertiary/aromatic N) is 2. The zero-order valence-electron chi connectivity index (χ0n) is 14.7. The highest BCUT2D eigenvalue weighted by Crippen LogP contribution is 2.37. The van der Waals surface area contributed by atoms with Crippen LogP contribution in [0.3, 0.4) is 0 Å². The van der Waals surface area contributed by atoms with Gasteiger partial charge >= 0.3 is 0 Å². The number of carbonyl (C=O) groups is 1. The maximum atomic E-state index is 12.1. The fourth-order valence-corrected chi connectivity index (χ4v) is 4.05. The number of aryl methyl sites for hydroxylation is 3. The van der Waals surface area contributed by atoms with Crippen LogP contribution in [0.25, 0.3) is 21.8 Å². The molecule has 4 rings (SSSR count). The number of carbonyl (C=O) groups excluding carboxylic acids is 1. The predicted molar refractivity (Wildman–Crippen MR) is 100 cm³/mol. The SMILES string of the molecule is Cc1ccc2c3c4c(ccc3n(CCCN(C)C)c2c1)C(=O)CC4. The lowest BCUT2D eigenvalue weighted by Crippen LogP contribution is -2.15. The molecular formula is C21H24N2O. The molecule has 3 heteroatoms. The van der Waals surface area contributed by atoms with E-state index < -0.39 is 0 Å². The first-order valence-electron chi connectivity index (χ1n) is 8.78. The van der Waals surface area contributed by atoms with Crippen LogP contribution >= 0.6 is 0 Å². The van der Waals surface area contributed by atoms with E-state index in [1.807, 2.05) is 6.07 Å². The number of benzene rings is 2. The summed E-state index contributed by atoms with van der Waals surface area (Å²) < 4.78 is 2.45. The molecule has 0 saturated heterocycles. The van der Waals surface area contributed by atoms with Gasteiger partial charge in [-0.2, -0.15) is 0 Å². The predicted octanol–water partition coefficient (Wildman–Crippen LogP) is 4.18. The minimum Gasteiger partial charge on any atom is -0.340 e. The van der Waals surface area contributed by atoms with E-state index in [9.17, 15) is 4.79 Å². The highest BCUT2D eigenvalue weighted by Gasteiger charge is 2.24. The van der Waals surface area contributed by atoms with Crippen molar-refractivity contribution in [1.82, 2.24) is 9.47 Å². The first-order chi connectivity index (χ1) is 11.6. The molecule has 0 N–H and O–H groups in total.